The minimum atomic E-state index is -3.82. The Labute approximate surface area is 153 Å². The molecule has 0 bridgehead atoms. The number of likely N-dealkylation sites (N-methyl/N-ethyl adjacent to an activating group) is 1. The van der Waals surface area contributed by atoms with Crippen molar-refractivity contribution >= 4 is 31.9 Å². The molecule has 0 aliphatic carbocycles. The number of hydrogen-bond donors (Lipinski definition) is 0. The lowest BCUT2D eigenvalue weighted by atomic mass is 10.2. The molecule has 0 aliphatic heterocycles. The lowest BCUT2D eigenvalue weighted by Crippen LogP contribution is -2.42. The highest BCUT2D eigenvalue weighted by Gasteiger charge is 2.30. The standard InChI is InChI=1S/C16H25BrN2O4S/c1-16(2,3)23-15(20)12-19(11-10-18(4)5)24(21,22)14-9-7-6-8-13(14)17/h6-9H,10-12H2,1-5H3. The van der Waals surface area contributed by atoms with Crippen molar-refractivity contribution in [1.82, 2.24) is 9.21 Å². The molecule has 0 radical (unpaired) electrons. The number of hydrogen-bond acceptors (Lipinski definition) is 5. The van der Waals surface area contributed by atoms with Gasteiger partial charge in [-0.3, -0.25) is 4.79 Å². The fourth-order valence-corrected chi connectivity index (χ4v) is 4.25. The van der Waals surface area contributed by atoms with E-state index in [-0.39, 0.29) is 18.0 Å². The van der Waals surface area contributed by atoms with E-state index < -0.39 is 21.6 Å². The average molecular weight is 421 g/mol. The smallest absolute Gasteiger partial charge is 0.321 e. The third-order valence-electron chi connectivity index (χ3n) is 2.98. The molecule has 6 nitrogen and oxygen atoms in total. The largest absolute Gasteiger partial charge is 0.459 e. The quantitative estimate of drug-likeness (QED) is 0.633. The monoisotopic (exact) mass is 420 g/mol. The third-order valence-corrected chi connectivity index (χ3v) is 5.83. The topological polar surface area (TPSA) is 66.9 Å². The molecule has 0 fully saturated rings. The molecule has 1 aromatic rings. The zero-order valence-corrected chi connectivity index (χ0v) is 17.1. The van der Waals surface area contributed by atoms with E-state index in [9.17, 15) is 13.2 Å². The lowest BCUT2D eigenvalue weighted by Gasteiger charge is -2.26. The van der Waals surface area contributed by atoms with Crippen LogP contribution in [0.4, 0.5) is 0 Å². The van der Waals surface area contributed by atoms with Gasteiger partial charge in [0.05, 0.1) is 4.90 Å². The Balaban J connectivity index is 3.08. The normalized spacial score (nSPS) is 12.7. The second kappa shape index (κ2) is 8.42. The zero-order chi connectivity index (χ0) is 18.5. The van der Waals surface area contributed by atoms with Crippen LogP contribution in [-0.2, 0) is 19.6 Å². The molecular formula is C16H25BrN2O4S. The van der Waals surface area contributed by atoms with E-state index in [1.807, 2.05) is 19.0 Å². The highest BCUT2D eigenvalue weighted by atomic mass is 79.9. The first-order valence-electron chi connectivity index (χ1n) is 7.55. The van der Waals surface area contributed by atoms with Crippen LogP contribution in [0.3, 0.4) is 0 Å². The number of benzene rings is 1. The summed E-state index contributed by atoms with van der Waals surface area (Å²) < 4.78 is 32.8. The predicted octanol–water partition coefficient (Wildman–Crippen LogP) is 2.34. The van der Waals surface area contributed by atoms with Gasteiger partial charge in [0.25, 0.3) is 0 Å². The van der Waals surface area contributed by atoms with Crippen LogP contribution >= 0.6 is 15.9 Å². The summed E-state index contributed by atoms with van der Waals surface area (Å²) in [6, 6.07) is 6.55. The van der Waals surface area contributed by atoms with Crippen molar-refractivity contribution < 1.29 is 17.9 Å². The van der Waals surface area contributed by atoms with Crippen molar-refractivity contribution in [3.63, 3.8) is 0 Å². The van der Waals surface area contributed by atoms with Gasteiger partial charge in [0.1, 0.15) is 12.1 Å². The van der Waals surface area contributed by atoms with E-state index in [0.717, 1.165) is 4.31 Å². The Morgan fingerprint density at radius 3 is 2.25 bits per heavy atom. The van der Waals surface area contributed by atoms with Crippen molar-refractivity contribution in [1.29, 1.82) is 0 Å². The summed E-state index contributed by atoms with van der Waals surface area (Å²) in [6.45, 7) is 5.60. The highest BCUT2D eigenvalue weighted by Crippen LogP contribution is 2.24. The number of carbonyl (C=O) groups is 1. The number of ether oxygens (including phenoxy) is 1. The summed E-state index contributed by atoms with van der Waals surface area (Å²) in [7, 11) is -0.131. The van der Waals surface area contributed by atoms with Gasteiger partial charge in [-0.1, -0.05) is 12.1 Å². The van der Waals surface area contributed by atoms with Gasteiger partial charge in [0.15, 0.2) is 0 Å². The number of sulfonamides is 1. The molecule has 0 atom stereocenters. The van der Waals surface area contributed by atoms with Crippen LogP contribution in [0, 0.1) is 0 Å². The maximum absolute atomic E-state index is 12.9. The molecule has 8 heteroatoms. The van der Waals surface area contributed by atoms with Crippen LogP contribution in [0.1, 0.15) is 20.8 Å². The number of carbonyl (C=O) groups excluding carboxylic acids is 1. The van der Waals surface area contributed by atoms with Crippen molar-refractivity contribution in [3.8, 4) is 0 Å². The van der Waals surface area contributed by atoms with Gasteiger partial charge in [-0.2, -0.15) is 4.31 Å². The van der Waals surface area contributed by atoms with Crippen molar-refractivity contribution in [2.75, 3.05) is 33.7 Å². The summed E-state index contributed by atoms with van der Waals surface area (Å²) >= 11 is 3.26. The summed E-state index contributed by atoms with van der Waals surface area (Å²) in [5.74, 6) is -0.572. The molecule has 0 spiro atoms. The number of nitrogens with zero attached hydrogens (tertiary/aromatic N) is 2. The van der Waals surface area contributed by atoms with Gasteiger partial charge < -0.3 is 9.64 Å². The van der Waals surface area contributed by atoms with E-state index in [4.69, 9.17) is 4.74 Å². The summed E-state index contributed by atoms with van der Waals surface area (Å²) in [5, 5.41) is 0. The Kier molecular flexibility index (Phi) is 7.40. The van der Waals surface area contributed by atoms with Crippen LogP contribution in [0.25, 0.3) is 0 Å². The lowest BCUT2D eigenvalue weighted by molar-refractivity contribution is -0.155. The molecule has 0 aromatic heterocycles. The zero-order valence-electron chi connectivity index (χ0n) is 14.7. The van der Waals surface area contributed by atoms with Crippen LogP contribution in [0.5, 0.6) is 0 Å². The number of rotatable bonds is 7. The molecule has 136 valence electrons. The van der Waals surface area contributed by atoms with Crippen LogP contribution < -0.4 is 0 Å². The summed E-state index contributed by atoms with van der Waals surface area (Å²) in [6.07, 6.45) is 0. The first-order chi connectivity index (χ1) is 10.9. The Morgan fingerprint density at radius 2 is 1.75 bits per heavy atom. The van der Waals surface area contributed by atoms with Crippen LogP contribution in [0.2, 0.25) is 0 Å². The molecule has 0 saturated carbocycles. The molecular weight excluding hydrogens is 396 g/mol. The minimum absolute atomic E-state index is 0.132. The number of halogens is 1. The van der Waals surface area contributed by atoms with Gasteiger partial charge >= 0.3 is 5.97 Å². The molecule has 24 heavy (non-hydrogen) atoms. The van der Waals surface area contributed by atoms with Crippen LogP contribution in [-0.4, -0.2) is 62.9 Å². The van der Waals surface area contributed by atoms with Crippen LogP contribution in [0.15, 0.2) is 33.6 Å². The SMILES string of the molecule is CN(C)CCN(CC(=O)OC(C)(C)C)S(=O)(=O)c1ccccc1Br. The van der Waals surface area contributed by atoms with Gasteiger partial charge in [-0.25, -0.2) is 8.42 Å². The molecule has 1 rings (SSSR count). The van der Waals surface area contributed by atoms with Crippen molar-refractivity contribution in [2.24, 2.45) is 0 Å². The molecule has 0 N–H and O–H groups in total. The van der Waals surface area contributed by atoms with E-state index in [1.54, 1.807) is 39.0 Å². The first kappa shape index (κ1) is 21.1. The molecule has 0 unspecified atom stereocenters. The predicted molar refractivity (Wildman–Crippen MR) is 97.3 cm³/mol. The van der Waals surface area contributed by atoms with Gasteiger partial charge in [0.2, 0.25) is 10.0 Å². The van der Waals surface area contributed by atoms with E-state index in [0.29, 0.717) is 11.0 Å². The van der Waals surface area contributed by atoms with Crippen molar-refractivity contribution in [3.05, 3.63) is 28.7 Å². The second-order valence-corrected chi connectivity index (χ2v) is 9.42. The third kappa shape index (κ3) is 6.51. The van der Waals surface area contributed by atoms with Gasteiger partial charge in [-0.05, 0) is 62.9 Å². The Hall–Kier alpha value is -0.960. The highest BCUT2D eigenvalue weighted by molar-refractivity contribution is 9.10. The fourth-order valence-electron chi connectivity index (χ4n) is 1.91. The van der Waals surface area contributed by atoms with Gasteiger partial charge in [-0.15, -0.1) is 0 Å². The van der Waals surface area contributed by atoms with E-state index in [2.05, 4.69) is 15.9 Å². The molecule has 0 heterocycles. The molecule has 0 amide bonds. The summed E-state index contributed by atoms with van der Waals surface area (Å²) in [4.78, 5) is 14.1. The molecule has 0 saturated heterocycles. The Bertz CT molecular complexity index is 669. The fraction of sp³-hybridized carbons (Fsp3) is 0.562. The number of esters is 1. The Morgan fingerprint density at radius 1 is 1.17 bits per heavy atom. The average Bonchev–Trinajstić information content (AvgIpc) is 2.41. The van der Waals surface area contributed by atoms with E-state index in [1.165, 1.54) is 6.07 Å². The summed E-state index contributed by atoms with van der Waals surface area (Å²) in [5.41, 5.74) is -0.665. The minimum Gasteiger partial charge on any atom is -0.459 e. The molecule has 1 aromatic carbocycles. The second-order valence-electron chi connectivity index (χ2n) is 6.66. The van der Waals surface area contributed by atoms with Crippen molar-refractivity contribution in [2.45, 2.75) is 31.3 Å². The van der Waals surface area contributed by atoms with Gasteiger partial charge in [0, 0.05) is 17.6 Å². The van der Waals surface area contributed by atoms with E-state index >= 15 is 0 Å². The maximum Gasteiger partial charge on any atom is 0.321 e. The maximum atomic E-state index is 12.9. The first-order valence-corrected chi connectivity index (χ1v) is 9.78. The molecule has 0 aliphatic rings.